The average Bonchev–Trinajstić information content (AvgIpc) is 1.65. The van der Waals surface area contributed by atoms with Crippen LogP contribution in [-0.4, -0.2) is 25.3 Å². The van der Waals surface area contributed by atoms with Crippen LogP contribution in [0.2, 0.25) is 0 Å². The number of hydrogen-bond donors (Lipinski definition) is 3. The van der Waals surface area contributed by atoms with Crippen LogP contribution in [0.5, 0.6) is 0 Å². The van der Waals surface area contributed by atoms with Gasteiger partial charge in [0.1, 0.15) is 0 Å². The Morgan fingerprint density at radius 3 is 2.17 bits per heavy atom. The molecule has 0 aromatic rings. The third-order valence-corrected chi connectivity index (χ3v) is 1.39. The Morgan fingerprint density at radius 2 is 2.17 bits per heavy atom. The normalized spacial score (nSPS) is 15.2. The van der Waals surface area contributed by atoms with E-state index in [4.69, 9.17) is 14.1 Å². The molecule has 0 saturated carbocycles. The third kappa shape index (κ3) is 2.75. The first kappa shape index (κ1) is 6.53. The van der Waals surface area contributed by atoms with Gasteiger partial charge in [-0.3, -0.25) is 0 Å². The van der Waals surface area contributed by atoms with E-state index in [0.717, 1.165) is 0 Å². The zero-order chi connectivity index (χ0) is 4.99. The van der Waals surface area contributed by atoms with Crippen molar-refractivity contribution in [1.82, 2.24) is 0 Å². The molecule has 0 heterocycles. The van der Waals surface area contributed by atoms with Crippen molar-refractivity contribution in [2.45, 2.75) is 4.62 Å². The summed E-state index contributed by atoms with van der Waals surface area (Å²) in [6.45, 7) is -0.309. The summed E-state index contributed by atoms with van der Waals surface area (Å²) in [5.74, 6) is 0. The monoisotopic (exact) mass is 271 g/mol. The summed E-state index contributed by atoms with van der Waals surface area (Å²) in [7, 11) is 0. The predicted molar refractivity (Wildman–Crippen MR) is 15.3 cm³/mol. The van der Waals surface area contributed by atoms with Gasteiger partial charge >= 0.3 is 43.4 Å². The molecule has 0 aliphatic carbocycles. The molecule has 0 aliphatic rings. The summed E-state index contributed by atoms with van der Waals surface area (Å²) in [6, 6.07) is 0. The molecule has 0 bridgehead atoms. The summed E-state index contributed by atoms with van der Waals surface area (Å²) >= 11 is -1.26. The zero-order valence-corrected chi connectivity index (χ0v) is 5.35. The first-order chi connectivity index (χ1) is 2.81. The third-order valence-electron chi connectivity index (χ3n) is 0.242. The van der Waals surface area contributed by atoms with Crippen molar-refractivity contribution in [3.05, 3.63) is 0 Å². The molecule has 0 spiro atoms. The van der Waals surface area contributed by atoms with Crippen molar-refractivity contribution >= 4 is 0 Å². The molecule has 1 atom stereocenters. The van der Waals surface area contributed by atoms with Crippen LogP contribution < -0.4 is 0 Å². The predicted octanol–water partition coefficient (Wildman–Crippen LogP) is -1.71. The molecule has 0 aliphatic heterocycles. The van der Waals surface area contributed by atoms with Gasteiger partial charge in [0.2, 0.25) is 0 Å². The minimum absolute atomic E-state index is 0.309. The number of aliphatic hydroxyl groups excluding tert-OH is 2. The molecule has 0 amide bonds. The van der Waals surface area contributed by atoms with E-state index in [9.17, 15) is 0 Å². The van der Waals surface area contributed by atoms with Gasteiger partial charge in [-0.15, -0.1) is 0 Å². The topological polar surface area (TPSA) is 60.7 Å². The number of rotatable bonds is 2. The van der Waals surface area contributed by atoms with Crippen LogP contribution in [0.15, 0.2) is 0 Å². The van der Waals surface area contributed by atoms with Crippen LogP contribution in [0.3, 0.4) is 0 Å². The van der Waals surface area contributed by atoms with Crippen LogP contribution in [0.1, 0.15) is 0 Å². The first-order valence-electron chi connectivity index (χ1n) is 1.32. The molecule has 1 unspecified atom stereocenters. The average molecular weight is 270 g/mol. The molecule has 0 saturated heterocycles. The second-order valence-corrected chi connectivity index (χ2v) is 2.89. The fourth-order valence-electron chi connectivity index (χ4n) is 0.0272. The zero-order valence-electron chi connectivity index (χ0n) is 2.96. The summed E-state index contributed by atoms with van der Waals surface area (Å²) < 4.78 is 7.22. The molecule has 4 heteroatoms. The fraction of sp³-hybridized carbons (Fsp3) is 1.00. The van der Waals surface area contributed by atoms with Gasteiger partial charge in [0, 0.05) is 0 Å². The Balaban J connectivity index is 2.75. The molecular weight excluding hydrogens is 264 g/mol. The Hall–Kier alpha value is 0.529. The summed E-state index contributed by atoms with van der Waals surface area (Å²) in [6.07, 6.45) is 0. The molecule has 0 aromatic carbocycles. The number of hydrogen-bond acceptors (Lipinski definition) is 3. The second kappa shape index (κ2) is 3.71. The fourth-order valence-corrected chi connectivity index (χ4v) is 0.223. The number of aliphatic hydroxyl groups is 2. The maximum atomic E-state index is 8.22. The van der Waals surface area contributed by atoms with Crippen molar-refractivity contribution in [2.24, 2.45) is 0 Å². The van der Waals surface area contributed by atoms with E-state index in [1.54, 1.807) is 0 Å². The molecule has 6 heavy (non-hydrogen) atoms. The van der Waals surface area contributed by atoms with E-state index in [1.165, 1.54) is 0 Å². The van der Waals surface area contributed by atoms with Gasteiger partial charge in [-0.25, -0.2) is 0 Å². The van der Waals surface area contributed by atoms with E-state index >= 15 is 0 Å². The van der Waals surface area contributed by atoms with Crippen molar-refractivity contribution in [3.8, 4) is 0 Å². The minimum atomic E-state index is -1.26. The summed E-state index contributed by atoms with van der Waals surface area (Å²) in [4.78, 5) is 0. The van der Waals surface area contributed by atoms with Gasteiger partial charge in [0.05, 0.1) is 0 Å². The molecule has 0 rings (SSSR count). The van der Waals surface area contributed by atoms with E-state index in [1.807, 2.05) is 0 Å². The van der Waals surface area contributed by atoms with Gasteiger partial charge in [0.25, 0.3) is 0 Å². The van der Waals surface area contributed by atoms with Gasteiger partial charge in [-0.05, 0) is 0 Å². The van der Waals surface area contributed by atoms with Crippen LogP contribution in [0.25, 0.3) is 0 Å². The van der Waals surface area contributed by atoms with Gasteiger partial charge in [0.15, 0.2) is 0 Å². The van der Waals surface area contributed by atoms with Gasteiger partial charge in [-0.2, -0.15) is 0 Å². The molecule has 41 valence electrons. The molecule has 3 N–H and O–H groups in total. The molecule has 0 radical (unpaired) electrons. The van der Waals surface area contributed by atoms with E-state index in [0.29, 0.717) is 0 Å². The van der Waals surface area contributed by atoms with Gasteiger partial charge < -0.3 is 0 Å². The van der Waals surface area contributed by atoms with E-state index in [2.05, 4.69) is 0 Å². The standard InChI is InChI=1S/C2H5O2.Ir.H2O/c3-1-2-4;;/h1,3-4H,2H2;;1H2/q;+1;/p-1. The van der Waals surface area contributed by atoms with Crippen molar-refractivity contribution in [3.63, 3.8) is 0 Å². The molecule has 3 nitrogen and oxygen atoms in total. The Morgan fingerprint density at radius 1 is 1.67 bits per heavy atom. The Bertz CT molecular complexity index is 28.0. The van der Waals surface area contributed by atoms with Crippen LogP contribution in [-0.2, 0) is 18.1 Å². The van der Waals surface area contributed by atoms with Crippen molar-refractivity contribution in [2.75, 3.05) is 6.61 Å². The van der Waals surface area contributed by atoms with Gasteiger partial charge in [-0.1, -0.05) is 0 Å². The van der Waals surface area contributed by atoms with Crippen LogP contribution >= 0.6 is 0 Å². The molecular formula is C2H6IrO3. The van der Waals surface area contributed by atoms with E-state index in [-0.39, 0.29) is 6.61 Å². The Labute approximate surface area is 44.0 Å². The Kier molecular flexibility index (Phi) is 4.04. The first-order valence-corrected chi connectivity index (χ1v) is 3.78. The van der Waals surface area contributed by atoms with Crippen LogP contribution in [0, 0.1) is 0 Å². The van der Waals surface area contributed by atoms with E-state index < -0.39 is 22.7 Å². The summed E-state index contributed by atoms with van der Waals surface area (Å²) in [5.41, 5.74) is 0. The van der Waals surface area contributed by atoms with Crippen molar-refractivity contribution < 1.29 is 32.1 Å². The van der Waals surface area contributed by atoms with Crippen molar-refractivity contribution in [1.29, 1.82) is 0 Å². The molecule has 0 aromatic heterocycles. The SMILES string of the molecule is OC[CH](O)[Ir][OH]. The summed E-state index contributed by atoms with van der Waals surface area (Å²) in [5, 5.41) is 16.2. The second-order valence-electron chi connectivity index (χ2n) is 0.673. The maximum absolute atomic E-state index is 8.22. The van der Waals surface area contributed by atoms with Crippen LogP contribution in [0.4, 0.5) is 0 Å². The molecule has 0 fully saturated rings. The quantitative estimate of drug-likeness (QED) is 0.560.